The average molecular weight is 401 g/mol. The standard InChI is InChI=1S/C25H27ClF2/c1-2-3-4-5-16-6-10-21-18(12-16)7-8-19-13-17(9-11-22(19)21)20-14-23(27)25(26)24(28)15-20/h2-3,7-8,14-17H,4-6,9-13H2,1H3. The van der Waals surface area contributed by atoms with Crippen molar-refractivity contribution in [2.75, 3.05) is 0 Å². The third-order valence-electron chi connectivity index (χ3n) is 6.60. The Morgan fingerprint density at radius 3 is 2.32 bits per heavy atom. The number of hydrogen-bond acceptors (Lipinski definition) is 0. The minimum absolute atomic E-state index is 0.156. The molecule has 0 nitrogen and oxygen atoms in total. The van der Waals surface area contributed by atoms with Crippen molar-refractivity contribution in [1.29, 1.82) is 0 Å². The summed E-state index contributed by atoms with van der Waals surface area (Å²) in [4.78, 5) is 0. The van der Waals surface area contributed by atoms with Crippen molar-refractivity contribution >= 4 is 11.6 Å². The van der Waals surface area contributed by atoms with Crippen molar-refractivity contribution in [3.05, 3.63) is 80.9 Å². The lowest BCUT2D eigenvalue weighted by atomic mass is 9.73. The van der Waals surface area contributed by atoms with Crippen molar-refractivity contribution in [1.82, 2.24) is 0 Å². The Hall–Kier alpha value is -1.67. The predicted molar refractivity (Wildman–Crippen MR) is 112 cm³/mol. The van der Waals surface area contributed by atoms with Gasteiger partial charge in [-0.25, -0.2) is 8.78 Å². The van der Waals surface area contributed by atoms with Gasteiger partial charge >= 0.3 is 0 Å². The van der Waals surface area contributed by atoms with Gasteiger partial charge in [-0.05, 0) is 110 Å². The van der Waals surface area contributed by atoms with E-state index in [1.165, 1.54) is 60.9 Å². The van der Waals surface area contributed by atoms with Crippen LogP contribution in [0.1, 0.15) is 66.3 Å². The first-order valence-electron chi connectivity index (χ1n) is 10.4. The molecule has 2 unspecified atom stereocenters. The molecule has 2 aliphatic carbocycles. The zero-order valence-corrected chi connectivity index (χ0v) is 17.2. The quantitative estimate of drug-likeness (QED) is 0.371. The summed E-state index contributed by atoms with van der Waals surface area (Å²) in [7, 11) is 0. The normalized spacial score (nSPS) is 21.6. The molecule has 0 N–H and O–H groups in total. The molecule has 0 saturated heterocycles. The summed E-state index contributed by atoms with van der Waals surface area (Å²) < 4.78 is 27.8. The monoisotopic (exact) mass is 400 g/mol. The Bertz CT molecular complexity index is 877. The second-order valence-electron chi connectivity index (χ2n) is 8.33. The summed E-state index contributed by atoms with van der Waals surface area (Å²) in [6, 6.07) is 7.39. The molecule has 2 aromatic rings. The molecule has 0 fully saturated rings. The maximum atomic E-state index is 13.9. The number of benzene rings is 2. The van der Waals surface area contributed by atoms with Crippen molar-refractivity contribution in [3.8, 4) is 0 Å². The van der Waals surface area contributed by atoms with Crippen molar-refractivity contribution in [2.24, 2.45) is 5.92 Å². The molecule has 148 valence electrons. The molecule has 0 aromatic heterocycles. The Labute approximate surface area is 171 Å². The first-order chi connectivity index (χ1) is 13.6. The number of rotatable bonds is 4. The second-order valence-corrected chi connectivity index (χ2v) is 8.71. The van der Waals surface area contributed by atoms with E-state index in [0.29, 0.717) is 0 Å². The van der Waals surface area contributed by atoms with Gasteiger partial charge in [0.25, 0.3) is 0 Å². The van der Waals surface area contributed by atoms with Gasteiger partial charge in [0.05, 0.1) is 0 Å². The van der Waals surface area contributed by atoms with Gasteiger partial charge in [0.15, 0.2) is 0 Å². The summed E-state index contributed by atoms with van der Waals surface area (Å²) in [5, 5.41) is -0.405. The molecule has 0 saturated carbocycles. The maximum absolute atomic E-state index is 13.9. The van der Waals surface area contributed by atoms with Gasteiger partial charge in [0, 0.05) is 0 Å². The lowest BCUT2D eigenvalue weighted by Gasteiger charge is -2.32. The molecule has 0 radical (unpaired) electrons. The van der Waals surface area contributed by atoms with E-state index in [1.54, 1.807) is 5.56 Å². The van der Waals surface area contributed by atoms with E-state index in [4.69, 9.17) is 11.6 Å². The molecular formula is C25H27ClF2. The highest BCUT2D eigenvalue weighted by Gasteiger charge is 2.27. The van der Waals surface area contributed by atoms with E-state index in [9.17, 15) is 8.78 Å². The molecule has 0 spiro atoms. The molecule has 0 heterocycles. The van der Waals surface area contributed by atoms with Crippen molar-refractivity contribution in [3.63, 3.8) is 0 Å². The summed E-state index contributed by atoms with van der Waals surface area (Å²) in [6.07, 6.45) is 13.3. The first kappa shape index (κ1) is 19.6. The maximum Gasteiger partial charge on any atom is 0.145 e. The van der Waals surface area contributed by atoms with Crippen LogP contribution in [0.25, 0.3) is 0 Å². The van der Waals surface area contributed by atoms with E-state index >= 15 is 0 Å². The van der Waals surface area contributed by atoms with Crippen LogP contribution in [0.2, 0.25) is 5.02 Å². The van der Waals surface area contributed by atoms with Crippen LogP contribution in [0.4, 0.5) is 8.78 Å². The fraction of sp³-hybridized carbons (Fsp3) is 0.440. The van der Waals surface area contributed by atoms with Crippen LogP contribution in [-0.4, -0.2) is 0 Å². The Balaban J connectivity index is 1.52. The summed E-state index contributed by atoms with van der Waals surface area (Å²) >= 11 is 5.65. The lowest BCUT2D eigenvalue weighted by Crippen LogP contribution is -2.20. The smallest absolute Gasteiger partial charge is 0.145 e. The van der Waals surface area contributed by atoms with Crippen LogP contribution < -0.4 is 0 Å². The van der Waals surface area contributed by atoms with Crippen molar-refractivity contribution in [2.45, 2.75) is 64.2 Å². The van der Waals surface area contributed by atoms with E-state index in [1.807, 2.05) is 0 Å². The highest BCUT2D eigenvalue weighted by atomic mass is 35.5. The van der Waals surface area contributed by atoms with Crippen LogP contribution in [0.5, 0.6) is 0 Å². The number of hydrogen-bond donors (Lipinski definition) is 0. The number of halogens is 3. The van der Waals surface area contributed by atoms with E-state index in [-0.39, 0.29) is 5.92 Å². The molecular weight excluding hydrogens is 374 g/mol. The molecule has 0 aliphatic heterocycles. The van der Waals surface area contributed by atoms with Crippen LogP contribution in [0.15, 0.2) is 36.4 Å². The molecule has 2 aromatic carbocycles. The van der Waals surface area contributed by atoms with Gasteiger partial charge in [0.1, 0.15) is 16.7 Å². The van der Waals surface area contributed by atoms with Crippen LogP contribution in [-0.2, 0) is 25.7 Å². The largest absolute Gasteiger partial charge is 0.205 e. The highest BCUT2D eigenvalue weighted by molar-refractivity contribution is 6.30. The van der Waals surface area contributed by atoms with E-state index < -0.39 is 16.7 Å². The van der Waals surface area contributed by atoms with Crippen molar-refractivity contribution < 1.29 is 8.78 Å². The minimum atomic E-state index is -0.656. The zero-order valence-electron chi connectivity index (χ0n) is 16.4. The zero-order chi connectivity index (χ0) is 19.7. The topological polar surface area (TPSA) is 0 Å². The second kappa shape index (κ2) is 8.37. The molecule has 28 heavy (non-hydrogen) atoms. The molecule has 2 atom stereocenters. The molecule has 4 rings (SSSR count). The molecule has 0 amide bonds. The Kier molecular flexibility index (Phi) is 5.87. The Morgan fingerprint density at radius 1 is 1.00 bits per heavy atom. The molecule has 2 aliphatic rings. The minimum Gasteiger partial charge on any atom is -0.205 e. The van der Waals surface area contributed by atoms with Gasteiger partial charge in [-0.1, -0.05) is 35.9 Å². The average Bonchev–Trinajstić information content (AvgIpc) is 2.71. The summed E-state index contributed by atoms with van der Waals surface area (Å²) in [6.45, 7) is 2.09. The van der Waals surface area contributed by atoms with E-state index in [0.717, 1.165) is 30.7 Å². The van der Waals surface area contributed by atoms with E-state index in [2.05, 4.69) is 31.2 Å². The van der Waals surface area contributed by atoms with Gasteiger partial charge in [-0.2, -0.15) is 0 Å². The van der Waals surface area contributed by atoms with Crippen LogP contribution in [0, 0.1) is 17.6 Å². The van der Waals surface area contributed by atoms with Gasteiger partial charge in [-0.15, -0.1) is 0 Å². The Morgan fingerprint density at radius 2 is 1.64 bits per heavy atom. The highest BCUT2D eigenvalue weighted by Crippen LogP contribution is 2.39. The summed E-state index contributed by atoms with van der Waals surface area (Å²) in [5.74, 6) is -0.365. The van der Waals surface area contributed by atoms with Gasteiger partial charge in [0.2, 0.25) is 0 Å². The van der Waals surface area contributed by atoms with Crippen LogP contribution >= 0.6 is 11.6 Å². The predicted octanol–water partition coefficient (Wildman–Crippen LogP) is 7.35. The third kappa shape index (κ3) is 3.89. The SMILES string of the molecule is CC=CCCC1CCc2c(ccc3c2CCC(c2cc(F)c(Cl)c(F)c2)C3)C1. The van der Waals surface area contributed by atoms with Crippen LogP contribution in [0.3, 0.4) is 0 Å². The third-order valence-corrected chi connectivity index (χ3v) is 6.96. The molecule has 0 bridgehead atoms. The van der Waals surface area contributed by atoms with Gasteiger partial charge < -0.3 is 0 Å². The first-order valence-corrected chi connectivity index (χ1v) is 10.8. The molecule has 3 heteroatoms. The fourth-order valence-electron chi connectivity index (χ4n) is 5.08. The summed E-state index contributed by atoms with van der Waals surface area (Å²) in [5.41, 5.74) is 6.68. The number of fused-ring (bicyclic) bond motifs is 3. The number of allylic oxidation sites excluding steroid dienone is 2. The lowest BCUT2D eigenvalue weighted by molar-refractivity contribution is 0.427. The van der Waals surface area contributed by atoms with Gasteiger partial charge in [-0.3, -0.25) is 0 Å². The fourth-order valence-corrected chi connectivity index (χ4v) is 5.19.